The molecule has 0 aliphatic heterocycles. The fourth-order valence-electron chi connectivity index (χ4n) is 2.96. The van der Waals surface area contributed by atoms with Crippen LogP contribution in [0.3, 0.4) is 0 Å². The number of hydrogen-bond acceptors (Lipinski definition) is 6. The predicted octanol–water partition coefficient (Wildman–Crippen LogP) is 4.71. The molecular weight excluding hydrogens is 372 g/mol. The van der Waals surface area contributed by atoms with E-state index in [9.17, 15) is 10.1 Å². The van der Waals surface area contributed by atoms with Crippen molar-refractivity contribution in [1.82, 2.24) is 14.5 Å². The van der Waals surface area contributed by atoms with E-state index in [1.807, 2.05) is 34.9 Å². The van der Waals surface area contributed by atoms with Crippen molar-refractivity contribution in [2.45, 2.75) is 0 Å². The highest BCUT2D eigenvalue weighted by Crippen LogP contribution is 2.34. The van der Waals surface area contributed by atoms with Gasteiger partial charge in [-0.15, -0.1) is 0 Å². The summed E-state index contributed by atoms with van der Waals surface area (Å²) in [6.07, 6.45) is 4.54. The lowest BCUT2D eigenvalue weighted by molar-refractivity contribution is -0.388. The number of nitro groups is 1. The van der Waals surface area contributed by atoms with Gasteiger partial charge in [0.15, 0.2) is 11.9 Å². The summed E-state index contributed by atoms with van der Waals surface area (Å²) in [7, 11) is 1.57. The van der Waals surface area contributed by atoms with Crippen molar-refractivity contribution in [2.24, 2.45) is 0 Å². The average molecular weight is 386 g/mol. The standard InChI is InChI=1S/C20H14N6O3/c1-21-17-9-15(11-24-20(17)26(27)28)29-14-8-16-18(22-2)12-25(19(16)23-10-14)13-6-4-3-5-7-13/h3-12,21H,1H3. The fraction of sp³-hybridized carbons (Fsp3) is 0.0500. The monoisotopic (exact) mass is 386 g/mol. The lowest BCUT2D eigenvalue weighted by Crippen LogP contribution is -2.00. The molecule has 0 saturated heterocycles. The molecule has 1 N–H and O–H groups in total. The van der Waals surface area contributed by atoms with E-state index in [0.717, 1.165) is 5.69 Å². The minimum absolute atomic E-state index is 0.235. The van der Waals surface area contributed by atoms with Crippen molar-refractivity contribution in [3.05, 3.63) is 82.6 Å². The van der Waals surface area contributed by atoms with Crippen LogP contribution in [0.25, 0.3) is 21.6 Å². The van der Waals surface area contributed by atoms with Crippen molar-refractivity contribution < 1.29 is 9.66 Å². The molecule has 0 fully saturated rings. The lowest BCUT2D eigenvalue weighted by atomic mass is 10.3. The molecule has 0 radical (unpaired) electrons. The van der Waals surface area contributed by atoms with Crippen LogP contribution in [0.1, 0.15) is 0 Å². The molecule has 3 heterocycles. The van der Waals surface area contributed by atoms with E-state index < -0.39 is 4.92 Å². The highest BCUT2D eigenvalue weighted by Gasteiger charge is 2.17. The van der Waals surface area contributed by atoms with Crippen molar-refractivity contribution in [3.63, 3.8) is 0 Å². The van der Waals surface area contributed by atoms with Crippen LogP contribution in [0.4, 0.5) is 17.2 Å². The van der Waals surface area contributed by atoms with Gasteiger partial charge >= 0.3 is 5.82 Å². The van der Waals surface area contributed by atoms with Gasteiger partial charge in [0, 0.05) is 30.4 Å². The molecule has 29 heavy (non-hydrogen) atoms. The number of hydrogen-bond donors (Lipinski definition) is 1. The number of anilines is 1. The van der Waals surface area contributed by atoms with Crippen LogP contribution >= 0.6 is 0 Å². The molecule has 0 spiro atoms. The molecule has 4 aromatic rings. The molecule has 4 rings (SSSR count). The summed E-state index contributed by atoms with van der Waals surface area (Å²) in [6.45, 7) is 7.47. The van der Waals surface area contributed by atoms with E-state index in [-0.39, 0.29) is 11.5 Å². The smallest absolute Gasteiger partial charge is 0.387 e. The summed E-state index contributed by atoms with van der Waals surface area (Å²) >= 11 is 0. The van der Waals surface area contributed by atoms with E-state index in [2.05, 4.69) is 20.1 Å². The molecule has 1 aromatic carbocycles. The van der Waals surface area contributed by atoms with Crippen molar-refractivity contribution in [3.8, 4) is 17.2 Å². The van der Waals surface area contributed by atoms with Crippen LogP contribution in [0.5, 0.6) is 11.5 Å². The molecule has 3 aromatic heterocycles. The number of nitrogens with zero attached hydrogens (tertiary/aromatic N) is 5. The zero-order chi connectivity index (χ0) is 20.4. The number of pyridine rings is 2. The number of ether oxygens (including phenoxy) is 1. The third kappa shape index (κ3) is 3.30. The van der Waals surface area contributed by atoms with Gasteiger partial charge in [-0.1, -0.05) is 18.2 Å². The Balaban J connectivity index is 1.73. The maximum Gasteiger partial charge on any atom is 0.387 e. The van der Waals surface area contributed by atoms with E-state index in [0.29, 0.717) is 28.2 Å². The average Bonchev–Trinajstić information content (AvgIpc) is 3.12. The Morgan fingerprint density at radius 3 is 2.59 bits per heavy atom. The number of para-hydroxylation sites is 1. The Hall–Kier alpha value is -4.45. The molecule has 9 heteroatoms. The largest absolute Gasteiger partial charge is 0.452 e. The molecule has 0 amide bonds. The highest BCUT2D eigenvalue weighted by molar-refractivity contribution is 5.93. The molecule has 0 saturated carbocycles. The Labute approximate surface area is 165 Å². The van der Waals surface area contributed by atoms with Crippen LogP contribution < -0.4 is 10.1 Å². The molecule has 0 aliphatic rings. The van der Waals surface area contributed by atoms with Gasteiger partial charge in [-0.2, -0.15) is 0 Å². The van der Waals surface area contributed by atoms with Gasteiger partial charge in [0.05, 0.1) is 12.8 Å². The Kier molecular flexibility index (Phi) is 4.50. The number of rotatable bonds is 5. The first-order chi connectivity index (χ1) is 14.1. The second-order valence-corrected chi connectivity index (χ2v) is 6.03. The summed E-state index contributed by atoms with van der Waals surface area (Å²) in [5.74, 6) is 0.419. The Bertz CT molecular complexity index is 1260. The second kappa shape index (κ2) is 7.28. The van der Waals surface area contributed by atoms with Crippen LogP contribution in [0, 0.1) is 16.7 Å². The number of aromatic nitrogens is 3. The van der Waals surface area contributed by atoms with E-state index in [1.165, 1.54) is 18.5 Å². The van der Waals surface area contributed by atoms with Gasteiger partial charge < -0.3 is 24.7 Å². The summed E-state index contributed by atoms with van der Waals surface area (Å²) in [5, 5.41) is 14.4. The van der Waals surface area contributed by atoms with Crippen LogP contribution in [0.15, 0.2) is 61.1 Å². The Morgan fingerprint density at radius 2 is 1.90 bits per heavy atom. The third-order valence-electron chi connectivity index (χ3n) is 4.27. The fourth-order valence-corrected chi connectivity index (χ4v) is 2.96. The van der Waals surface area contributed by atoms with Crippen LogP contribution in [-0.2, 0) is 0 Å². The van der Waals surface area contributed by atoms with Gasteiger partial charge in [-0.05, 0) is 28.1 Å². The van der Waals surface area contributed by atoms with Gasteiger partial charge in [-0.3, -0.25) is 0 Å². The number of fused-ring (bicyclic) bond motifs is 1. The van der Waals surface area contributed by atoms with E-state index >= 15 is 0 Å². The minimum Gasteiger partial charge on any atom is -0.452 e. The maximum atomic E-state index is 11.0. The van der Waals surface area contributed by atoms with Crippen molar-refractivity contribution >= 4 is 28.2 Å². The third-order valence-corrected chi connectivity index (χ3v) is 4.27. The zero-order valence-electron chi connectivity index (χ0n) is 15.2. The first kappa shape index (κ1) is 17.9. The summed E-state index contributed by atoms with van der Waals surface area (Å²) < 4.78 is 7.62. The zero-order valence-corrected chi connectivity index (χ0v) is 15.2. The topological polar surface area (TPSA) is 99.5 Å². The summed E-state index contributed by atoms with van der Waals surface area (Å²) in [4.78, 5) is 22.3. The molecule has 9 nitrogen and oxygen atoms in total. The molecule has 142 valence electrons. The molecule has 0 aliphatic carbocycles. The van der Waals surface area contributed by atoms with Crippen molar-refractivity contribution in [1.29, 1.82) is 0 Å². The van der Waals surface area contributed by atoms with Gasteiger partial charge in [0.25, 0.3) is 0 Å². The van der Waals surface area contributed by atoms with Crippen LogP contribution in [0.2, 0.25) is 0 Å². The van der Waals surface area contributed by atoms with E-state index in [4.69, 9.17) is 11.3 Å². The number of nitrogens with one attached hydrogen (secondary N) is 1. The molecule has 0 atom stereocenters. The SMILES string of the molecule is [C-]#[N+]c1cn(-c2ccccc2)c2ncc(Oc3cnc([N+](=O)[O-])c(NC)c3)cc12. The second-order valence-electron chi connectivity index (χ2n) is 6.03. The quantitative estimate of drug-likeness (QED) is 0.303. The van der Waals surface area contributed by atoms with Gasteiger partial charge in [0.2, 0.25) is 5.69 Å². The van der Waals surface area contributed by atoms with Crippen molar-refractivity contribution in [2.75, 3.05) is 12.4 Å². The van der Waals surface area contributed by atoms with Crippen LogP contribution in [-0.4, -0.2) is 26.5 Å². The van der Waals surface area contributed by atoms with E-state index in [1.54, 1.807) is 19.3 Å². The Morgan fingerprint density at radius 1 is 1.17 bits per heavy atom. The summed E-state index contributed by atoms with van der Waals surface area (Å²) in [5.41, 5.74) is 2.21. The maximum absolute atomic E-state index is 11.0. The van der Waals surface area contributed by atoms with Gasteiger partial charge in [0.1, 0.15) is 17.1 Å². The van der Waals surface area contributed by atoms with Gasteiger partial charge in [-0.25, -0.2) is 9.83 Å². The molecular formula is C20H14N6O3. The normalized spacial score (nSPS) is 10.5. The predicted molar refractivity (Wildman–Crippen MR) is 108 cm³/mol. The lowest BCUT2D eigenvalue weighted by Gasteiger charge is -2.08. The first-order valence-corrected chi connectivity index (χ1v) is 8.54. The highest BCUT2D eigenvalue weighted by atomic mass is 16.6. The molecule has 0 unspecified atom stereocenters. The first-order valence-electron chi connectivity index (χ1n) is 8.54. The molecule has 0 bridgehead atoms. The summed E-state index contributed by atoms with van der Waals surface area (Å²) in [6, 6.07) is 12.8. The minimum atomic E-state index is -0.572. The number of benzene rings is 1.